The van der Waals surface area contributed by atoms with Crippen molar-refractivity contribution < 1.29 is 0 Å². The Hall–Kier alpha value is -8.00. The van der Waals surface area contributed by atoms with Gasteiger partial charge in [-0.2, -0.15) is 0 Å². The fourth-order valence-electron chi connectivity index (χ4n) is 11.1. The Morgan fingerprint density at radius 3 is 1.24 bits per heavy atom. The van der Waals surface area contributed by atoms with Crippen LogP contribution >= 0.6 is 0 Å². The van der Waals surface area contributed by atoms with Crippen LogP contribution in [-0.2, 0) is 17.3 Å². The maximum atomic E-state index is 6.01. The molecule has 12 rings (SSSR count). The highest BCUT2D eigenvalue weighted by atomic mass is 14.6. The van der Waals surface area contributed by atoms with E-state index in [0.29, 0.717) is 0 Å². The molecule has 0 radical (unpaired) electrons. The molecule has 10 aromatic rings. The molecule has 71 heavy (non-hydrogen) atoms. The van der Waals surface area contributed by atoms with Gasteiger partial charge in [-0.3, -0.25) is 0 Å². The molecule has 0 spiro atoms. The molecule has 0 heterocycles. The highest BCUT2D eigenvalue weighted by molar-refractivity contribution is 5.86. The second-order valence-electron chi connectivity index (χ2n) is 20.2. The van der Waals surface area contributed by atoms with E-state index in [-0.39, 0.29) is 10.8 Å². The van der Waals surface area contributed by atoms with E-state index in [1.54, 1.807) is 0 Å². The maximum Gasteiger partial charge on any atom is 0.0317 e. The van der Waals surface area contributed by atoms with Gasteiger partial charge in [0.25, 0.3) is 0 Å². The van der Waals surface area contributed by atoms with E-state index in [1.807, 2.05) is 6.07 Å². The third-order valence-corrected chi connectivity index (χ3v) is 14.9. The van der Waals surface area contributed by atoms with Gasteiger partial charge in [0.2, 0.25) is 0 Å². The first-order chi connectivity index (χ1) is 34.5. The average molecular weight is 918 g/mol. The molecule has 10 aromatic carbocycles. The molecular formula is C70H63N. The minimum atomic E-state index is -0.00909. The minimum Gasteiger partial charge on any atom is -0.399 e. The zero-order valence-corrected chi connectivity index (χ0v) is 42.0. The van der Waals surface area contributed by atoms with Crippen LogP contribution in [0.4, 0.5) is 5.69 Å². The number of fused-ring (bicyclic) bond motifs is 6. The van der Waals surface area contributed by atoms with E-state index in [0.717, 1.165) is 18.5 Å². The third-order valence-electron chi connectivity index (χ3n) is 14.9. The van der Waals surface area contributed by atoms with Crippen molar-refractivity contribution in [1.82, 2.24) is 0 Å². The summed E-state index contributed by atoms with van der Waals surface area (Å²) < 4.78 is 0. The van der Waals surface area contributed by atoms with Gasteiger partial charge in [0.05, 0.1) is 0 Å². The van der Waals surface area contributed by atoms with Crippen molar-refractivity contribution in [3.63, 3.8) is 0 Å². The molecule has 0 saturated carbocycles. The van der Waals surface area contributed by atoms with Crippen LogP contribution in [-0.4, -0.2) is 0 Å². The second kappa shape index (κ2) is 19.8. The maximum absolute atomic E-state index is 6.01. The number of hydrogen-bond acceptors (Lipinski definition) is 1. The molecule has 0 aliphatic heterocycles. The number of nitrogen functional groups attached to an aromatic ring is 1. The summed E-state index contributed by atoms with van der Waals surface area (Å²) in [6.45, 7) is 13.7. The Labute approximate surface area is 422 Å². The summed E-state index contributed by atoms with van der Waals surface area (Å²) in [6.07, 6.45) is 2.22. The van der Waals surface area contributed by atoms with E-state index in [9.17, 15) is 0 Å². The van der Waals surface area contributed by atoms with E-state index < -0.39 is 0 Å². The van der Waals surface area contributed by atoms with Gasteiger partial charge in [-0.05, 0) is 149 Å². The van der Waals surface area contributed by atoms with Crippen LogP contribution in [0.2, 0.25) is 0 Å². The Morgan fingerprint density at radius 2 is 0.690 bits per heavy atom. The normalized spacial score (nSPS) is 13.0. The number of rotatable bonds is 7. The number of nitrogens with two attached hydrogens (primary N) is 1. The Bertz CT molecular complexity index is 3470. The summed E-state index contributed by atoms with van der Waals surface area (Å²) in [5, 5.41) is 0. The first-order valence-electron chi connectivity index (χ1n) is 25.3. The van der Waals surface area contributed by atoms with Gasteiger partial charge < -0.3 is 5.73 Å². The van der Waals surface area contributed by atoms with Crippen molar-refractivity contribution in [3.05, 3.63) is 270 Å². The molecule has 0 fully saturated rings. The smallest absolute Gasteiger partial charge is 0.0317 e. The van der Waals surface area contributed by atoms with Crippen molar-refractivity contribution in [2.45, 2.75) is 65.2 Å². The van der Waals surface area contributed by atoms with Crippen LogP contribution in [0.5, 0.6) is 0 Å². The first-order valence-corrected chi connectivity index (χ1v) is 25.3. The van der Waals surface area contributed by atoms with Crippen LogP contribution in [0.3, 0.4) is 0 Å². The van der Waals surface area contributed by atoms with Gasteiger partial charge in [0.15, 0.2) is 0 Å². The van der Waals surface area contributed by atoms with Crippen LogP contribution in [0.1, 0.15) is 74.4 Å². The predicted octanol–water partition coefficient (Wildman–Crippen LogP) is 18.9. The van der Waals surface area contributed by atoms with Gasteiger partial charge in [0.1, 0.15) is 0 Å². The molecule has 1 nitrogen and oxygen atoms in total. The lowest BCUT2D eigenvalue weighted by Gasteiger charge is -2.22. The molecule has 2 aliphatic rings. The first kappa shape index (κ1) is 46.7. The zero-order valence-electron chi connectivity index (χ0n) is 42.0. The van der Waals surface area contributed by atoms with Gasteiger partial charge in [0, 0.05) is 16.5 Å². The summed E-state index contributed by atoms with van der Waals surface area (Å²) in [5.41, 5.74) is 33.7. The molecule has 348 valence electrons. The average Bonchev–Trinajstić information content (AvgIpc) is 3.78. The van der Waals surface area contributed by atoms with Crippen molar-refractivity contribution in [1.29, 1.82) is 0 Å². The standard InChI is InChI=1S/C28H26.C21H19N.C21H18/c1-3-10-27-26(15-9-16-28(27)25-14-8-7-11-21(25)2)24-19-17-23(18-20-24)22-12-5-4-6-13-22;1-21(2)19-12-15(14-6-4-3-5-7-14)8-10-17(19)18-11-9-16(22)13-20(18)21;1-21(2)19-11-7-6-10-17(19)18-13-12-16(14-20(18)21)15-8-4-3-5-9-15/h4-9,11-20H,3,10H2,1-2H3;3-13H,22H2,1-2H3;3-14H,1-2H3. The zero-order chi connectivity index (χ0) is 49.1. The van der Waals surface area contributed by atoms with Crippen LogP contribution < -0.4 is 5.73 Å². The van der Waals surface area contributed by atoms with E-state index in [1.165, 1.54) is 111 Å². The third kappa shape index (κ3) is 9.17. The number of hydrogen-bond donors (Lipinski definition) is 1. The molecule has 0 saturated heterocycles. The summed E-state index contributed by atoms with van der Waals surface area (Å²) in [6, 6.07) is 84.9. The SMILES string of the molecule is CC1(C)c2cc(N)ccc2-c2ccc(-c3ccccc3)cc21.CC1(C)c2ccccc2-c2ccc(-c3ccccc3)cc21.CCCc1c(-c2ccc(-c3ccccc3)cc2)cccc1-c1ccccc1C. The van der Waals surface area contributed by atoms with Crippen molar-refractivity contribution in [3.8, 4) is 77.9 Å². The number of anilines is 1. The van der Waals surface area contributed by atoms with E-state index in [4.69, 9.17) is 5.73 Å². The largest absolute Gasteiger partial charge is 0.399 e. The van der Waals surface area contributed by atoms with Gasteiger partial charge in [-0.15, -0.1) is 0 Å². The number of aryl methyl sites for hydroxylation is 1. The number of benzene rings is 10. The summed E-state index contributed by atoms with van der Waals surface area (Å²) in [7, 11) is 0. The second-order valence-corrected chi connectivity index (χ2v) is 20.2. The van der Waals surface area contributed by atoms with E-state index in [2.05, 4.69) is 272 Å². The van der Waals surface area contributed by atoms with E-state index >= 15 is 0 Å². The fraction of sp³-hybridized carbons (Fsp3) is 0.143. The highest BCUT2D eigenvalue weighted by Crippen LogP contribution is 2.51. The lowest BCUT2D eigenvalue weighted by molar-refractivity contribution is 0.660. The fourth-order valence-corrected chi connectivity index (χ4v) is 11.1. The van der Waals surface area contributed by atoms with Gasteiger partial charge in [-0.1, -0.05) is 253 Å². The topological polar surface area (TPSA) is 26.0 Å². The molecule has 0 amide bonds. The van der Waals surface area contributed by atoms with Crippen molar-refractivity contribution >= 4 is 5.69 Å². The minimum absolute atomic E-state index is 0.00909. The van der Waals surface area contributed by atoms with Crippen molar-refractivity contribution in [2.24, 2.45) is 0 Å². The summed E-state index contributed by atoms with van der Waals surface area (Å²) in [5.74, 6) is 0. The molecule has 0 bridgehead atoms. The molecule has 2 aliphatic carbocycles. The van der Waals surface area contributed by atoms with Crippen molar-refractivity contribution in [2.75, 3.05) is 5.73 Å². The monoisotopic (exact) mass is 917 g/mol. The molecular weight excluding hydrogens is 855 g/mol. The Kier molecular flexibility index (Phi) is 13.0. The molecule has 0 unspecified atom stereocenters. The Balaban J connectivity index is 0.000000124. The molecule has 2 N–H and O–H groups in total. The molecule has 0 atom stereocenters. The lowest BCUT2D eigenvalue weighted by atomic mass is 9.81. The van der Waals surface area contributed by atoms with Crippen LogP contribution in [0.15, 0.2) is 237 Å². The van der Waals surface area contributed by atoms with Crippen LogP contribution in [0.25, 0.3) is 77.9 Å². The van der Waals surface area contributed by atoms with Gasteiger partial charge >= 0.3 is 0 Å². The Morgan fingerprint density at radius 1 is 0.310 bits per heavy atom. The molecule has 0 aromatic heterocycles. The summed E-state index contributed by atoms with van der Waals surface area (Å²) in [4.78, 5) is 0. The summed E-state index contributed by atoms with van der Waals surface area (Å²) >= 11 is 0. The van der Waals surface area contributed by atoms with Crippen LogP contribution in [0, 0.1) is 6.92 Å². The predicted molar refractivity (Wildman–Crippen MR) is 305 cm³/mol. The van der Waals surface area contributed by atoms with Gasteiger partial charge in [-0.25, -0.2) is 0 Å². The molecule has 1 heteroatoms. The highest BCUT2D eigenvalue weighted by Gasteiger charge is 2.36. The quantitative estimate of drug-likeness (QED) is 0.158. The lowest BCUT2D eigenvalue weighted by Crippen LogP contribution is -2.15.